The van der Waals surface area contributed by atoms with Crippen LogP contribution in [0.25, 0.3) is 0 Å². The first kappa shape index (κ1) is 16.7. The third-order valence-electron chi connectivity index (χ3n) is 3.71. The smallest absolute Gasteiger partial charge is 0.224 e. The third kappa shape index (κ3) is 5.17. The number of ether oxygens (including phenoxy) is 1. The highest BCUT2D eigenvalue weighted by molar-refractivity contribution is 5.40. The number of rotatable bonds is 8. The Kier molecular flexibility index (Phi) is 5.77. The maximum Gasteiger partial charge on any atom is 0.224 e. The fourth-order valence-electron chi connectivity index (χ4n) is 2.38. The Labute approximate surface area is 147 Å². The number of benzene rings is 1. The van der Waals surface area contributed by atoms with Crippen molar-refractivity contribution in [2.24, 2.45) is 0 Å². The molecule has 3 aromatic rings. The highest BCUT2D eigenvalue weighted by Crippen LogP contribution is 2.13. The van der Waals surface area contributed by atoms with Gasteiger partial charge in [0.05, 0.1) is 7.11 Å². The van der Waals surface area contributed by atoms with Crippen LogP contribution in [0, 0.1) is 0 Å². The van der Waals surface area contributed by atoms with Crippen molar-refractivity contribution in [2.75, 3.05) is 24.3 Å². The van der Waals surface area contributed by atoms with E-state index in [4.69, 9.17) is 4.74 Å². The van der Waals surface area contributed by atoms with Crippen LogP contribution in [0.3, 0.4) is 0 Å². The lowest BCUT2D eigenvalue weighted by Gasteiger charge is -2.09. The Bertz CT molecular complexity index is 795. The predicted molar refractivity (Wildman–Crippen MR) is 98.8 cm³/mol. The van der Waals surface area contributed by atoms with Crippen LogP contribution in [0.1, 0.15) is 11.1 Å². The van der Waals surface area contributed by atoms with Gasteiger partial charge >= 0.3 is 0 Å². The molecule has 6 heteroatoms. The Hall–Kier alpha value is -3.15. The van der Waals surface area contributed by atoms with E-state index < -0.39 is 0 Å². The van der Waals surface area contributed by atoms with Crippen LogP contribution in [0.2, 0.25) is 0 Å². The Morgan fingerprint density at radius 1 is 0.960 bits per heavy atom. The van der Waals surface area contributed by atoms with Crippen molar-refractivity contribution in [2.45, 2.75) is 13.0 Å². The summed E-state index contributed by atoms with van der Waals surface area (Å²) in [5.74, 6) is 2.27. The van der Waals surface area contributed by atoms with Crippen molar-refractivity contribution in [3.63, 3.8) is 0 Å². The summed E-state index contributed by atoms with van der Waals surface area (Å²) in [6.45, 7) is 1.45. The van der Waals surface area contributed by atoms with E-state index in [0.717, 1.165) is 30.1 Å². The van der Waals surface area contributed by atoms with Gasteiger partial charge in [0, 0.05) is 31.7 Å². The average Bonchev–Trinajstić information content (AvgIpc) is 2.68. The number of hydrogen-bond donors (Lipinski definition) is 2. The molecule has 0 saturated carbocycles. The fraction of sp³-hybridized carbons (Fsp3) is 0.211. The minimum absolute atomic E-state index is 0.614. The summed E-state index contributed by atoms with van der Waals surface area (Å²) >= 11 is 0. The molecule has 0 aliphatic rings. The molecule has 0 aliphatic heterocycles. The van der Waals surface area contributed by atoms with E-state index in [1.807, 2.05) is 36.4 Å². The van der Waals surface area contributed by atoms with Gasteiger partial charge in [-0.2, -0.15) is 4.98 Å². The largest absolute Gasteiger partial charge is 0.497 e. The van der Waals surface area contributed by atoms with Crippen molar-refractivity contribution >= 4 is 11.8 Å². The maximum atomic E-state index is 5.24. The van der Waals surface area contributed by atoms with Gasteiger partial charge in [-0.05, 0) is 47.9 Å². The van der Waals surface area contributed by atoms with Crippen LogP contribution in [-0.2, 0) is 13.0 Å². The highest BCUT2D eigenvalue weighted by atomic mass is 16.5. The highest BCUT2D eigenvalue weighted by Gasteiger charge is 2.01. The number of pyridine rings is 1. The number of methoxy groups -OCH3 is 1. The average molecular weight is 335 g/mol. The molecule has 0 aliphatic carbocycles. The van der Waals surface area contributed by atoms with Crippen molar-refractivity contribution in [1.82, 2.24) is 15.0 Å². The Balaban J connectivity index is 1.51. The minimum atomic E-state index is 0.614. The van der Waals surface area contributed by atoms with Crippen molar-refractivity contribution < 1.29 is 4.74 Å². The summed E-state index contributed by atoms with van der Waals surface area (Å²) in [7, 11) is 1.68. The van der Waals surface area contributed by atoms with E-state index in [0.29, 0.717) is 12.5 Å². The predicted octanol–water partition coefficient (Wildman–Crippen LogP) is 3.15. The van der Waals surface area contributed by atoms with Crippen molar-refractivity contribution in [3.05, 3.63) is 72.2 Å². The van der Waals surface area contributed by atoms with E-state index in [1.165, 1.54) is 5.56 Å². The molecule has 128 valence electrons. The lowest BCUT2D eigenvalue weighted by molar-refractivity contribution is 0.414. The van der Waals surface area contributed by atoms with Gasteiger partial charge in [0.1, 0.15) is 11.6 Å². The minimum Gasteiger partial charge on any atom is -0.497 e. The molecule has 6 nitrogen and oxygen atoms in total. The summed E-state index contributed by atoms with van der Waals surface area (Å²) in [6, 6.07) is 13.9. The molecule has 25 heavy (non-hydrogen) atoms. The van der Waals surface area contributed by atoms with Gasteiger partial charge in [-0.3, -0.25) is 4.98 Å². The number of aromatic nitrogens is 3. The quantitative estimate of drug-likeness (QED) is 0.659. The van der Waals surface area contributed by atoms with Crippen molar-refractivity contribution in [3.8, 4) is 5.75 Å². The first-order valence-electron chi connectivity index (χ1n) is 8.16. The van der Waals surface area contributed by atoms with Crippen molar-refractivity contribution in [1.29, 1.82) is 0 Å². The van der Waals surface area contributed by atoms with Gasteiger partial charge < -0.3 is 15.4 Å². The zero-order valence-electron chi connectivity index (χ0n) is 14.1. The van der Waals surface area contributed by atoms with Gasteiger partial charge in [0.2, 0.25) is 5.95 Å². The number of nitrogens with zero attached hydrogens (tertiary/aromatic N) is 3. The number of anilines is 2. The Morgan fingerprint density at radius 3 is 2.68 bits per heavy atom. The van der Waals surface area contributed by atoms with Crippen LogP contribution in [0.5, 0.6) is 5.75 Å². The standard InChI is InChI=1S/C19H21N5O/c1-25-17-4-2-3-15(13-17)7-11-21-19-22-12-8-18(24-19)23-14-16-5-9-20-10-6-16/h2-6,8-10,12-13H,7,11,14H2,1H3,(H2,21,22,23,24). The second-order valence-corrected chi connectivity index (χ2v) is 5.50. The number of hydrogen-bond acceptors (Lipinski definition) is 6. The topological polar surface area (TPSA) is 72.0 Å². The SMILES string of the molecule is COc1cccc(CCNc2nccc(NCc3ccncc3)n2)c1. The molecule has 0 saturated heterocycles. The Morgan fingerprint density at radius 2 is 1.84 bits per heavy atom. The molecule has 0 bridgehead atoms. The molecule has 0 fully saturated rings. The number of nitrogens with one attached hydrogen (secondary N) is 2. The van der Waals surface area contributed by atoms with Crippen LogP contribution in [0.4, 0.5) is 11.8 Å². The molecule has 2 aromatic heterocycles. The van der Waals surface area contributed by atoms with Gasteiger partial charge in [-0.25, -0.2) is 4.98 Å². The second kappa shape index (κ2) is 8.63. The lowest BCUT2D eigenvalue weighted by Crippen LogP contribution is -2.09. The summed E-state index contributed by atoms with van der Waals surface area (Å²) < 4.78 is 5.24. The molecule has 0 radical (unpaired) electrons. The van der Waals surface area contributed by atoms with Crippen LogP contribution in [0.15, 0.2) is 61.1 Å². The lowest BCUT2D eigenvalue weighted by atomic mass is 10.1. The first-order valence-corrected chi connectivity index (χ1v) is 8.16. The van der Waals surface area contributed by atoms with E-state index in [2.05, 4.69) is 31.7 Å². The van der Waals surface area contributed by atoms with Crippen LogP contribution < -0.4 is 15.4 Å². The van der Waals surface area contributed by atoms with Gasteiger partial charge in [0.25, 0.3) is 0 Å². The molecule has 3 rings (SSSR count). The summed E-state index contributed by atoms with van der Waals surface area (Å²) in [5.41, 5.74) is 2.36. The monoisotopic (exact) mass is 335 g/mol. The molecule has 0 unspecified atom stereocenters. The molecule has 1 aromatic carbocycles. The molecule has 2 N–H and O–H groups in total. The van der Waals surface area contributed by atoms with Gasteiger partial charge in [-0.1, -0.05) is 12.1 Å². The third-order valence-corrected chi connectivity index (χ3v) is 3.71. The molecule has 0 spiro atoms. The fourth-order valence-corrected chi connectivity index (χ4v) is 2.38. The molecule has 2 heterocycles. The first-order chi connectivity index (χ1) is 12.3. The maximum absolute atomic E-state index is 5.24. The van der Waals surface area contributed by atoms with Crippen LogP contribution in [-0.4, -0.2) is 28.6 Å². The summed E-state index contributed by atoms with van der Waals surface area (Å²) in [6.07, 6.45) is 6.18. The van der Waals surface area contributed by atoms with Gasteiger partial charge in [0.15, 0.2) is 0 Å². The van der Waals surface area contributed by atoms with E-state index >= 15 is 0 Å². The normalized spacial score (nSPS) is 10.3. The van der Waals surface area contributed by atoms with Crippen LogP contribution >= 0.6 is 0 Å². The van der Waals surface area contributed by atoms with E-state index in [-0.39, 0.29) is 0 Å². The zero-order chi connectivity index (χ0) is 17.3. The second-order valence-electron chi connectivity index (χ2n) is 5.50. The molecule has 0 atom stereocenters. The zero-order valence-corrected chi connectivity index (χ0v) is 14.1. The molecule has 0 amide bonds. The molecular formula is C19H21N5O. The van der Waals surface area contributed by atoms with Gasteiger partial charge in [-0.15, -0.1) is 0 Å². The molecular weight excluding hydrogens is 314 g/mol. The summed E-state index contributed by atoms with van der Waals surface area (Å²) in [4.78, 5) is 12.8. The van der Waals surface area contributed by atoms with E-state index in [1.54, 1.807) is 25.7 Å². The van der Waals surface area contributed by atoms with E-state index in [9.17, 15) is 0 Å². The summed E-state index contributed by atoms with van der Waals surface area (Å²) in [5, 5.41) is 6.55.